The quantitative estimate of drug-likeness (QED) is 0.485. The van der Waals surface area contributed by atoms with Crippen LogP contribution in [0.15, 0.2) is 64.2 Å². The summed E-state index contributed by atoms with van der Waals surface area (Å²) in [4.78, 5) is 44.6. The molecule has 1 amide bonds. The number of nitrogens with zero attached hydrogens (tertiary/aromatic N) is 2. The Bertz CT molecular complexity index is 1420. The van der Waals surface area contributed by atoms with E-state index in [9.17, 15) is 14.4 Å². The normalized spacial score (nSPS) is 10.8. The second-order valence-electron chi connectivity index (χ2n) is 7.15. The van der Waals surface area contributed by atoms with Gasteiger partial charge < -0.3 is 10.1 Å². The van der Waals surface area contributed by atoms with Gasteiger partial charge in [-0.3, -0.25) is 19.1 Å². The molecule has 2 N–H and O–H groups in total. The lowest BCUT2D eigenvalue weighted by molar-refractivity contribution is 0.102. The Labute approximate surface area is 187 Å². The molecule has 2 aromatic heterocycles. The predicted octanol–water partition coefficient (Wildman–Crippen LogP) is 3.36. The number of halogens is 1. The summed E-state index contributed by atoms with van der Waals surface area (Å²) in [5, 5.41) is 3.45. The molecule has 0 spiro atoms. The van der Waals surface area contributed by atoms with Gasteiger partial charge in [0.15, 0.2) is 0 Å². The summed E-state index contributed by atoms with van der Waals surface area (Å²) in [6, 6.07) is 15.3. The summed E-state index contributed by atoms with van der Waals surface area (Å²) in [7, 11) is 1.57. The second kappa shape index (κ2) is 8.68. The van der Waals surface area contributed by atoms with Crippen molar-refractivity contribution in [2.24, 2.45) is 0 Å². The number of carbonyl (C=O) groups excluding carboxylic acids is 1. The maximum atomic E-state index is 12.8. The van der Waals surface area contributed by atoms with E-state index in [1.807, 2.05) is 12.1 Å². The molecule has 162 valence electrons. The lowest BCUT2D eigenvalue weighted by Crippen LogP contribution is -2.32. The number of nitrogens with one attached hydrogen (secondary N) is 2. The molecule has 0 aliphatic carbocycles. The number of hydrogen-bond donors (Lipinski definition) is 2. The number of hydrogen-bond acceptors (Lipinski definition) is 5. The molecule has 0 unspecified atom stereocenters. The average Bonchev–Trinajstić information content (AvgIpc) is 2.78. The molecule has 0 saturated carbocycles. The van der Waals surface area contributed by atoms with Gasteiger partial charge in [-0.25, -0.2) is 9.78 Å². The zero-order valence-corrected chi connectivity index (χ0v) is 18.1. The Morgan fingerprint density at radius 3 is 2.47 bits per heavy atom. The number of aromatic nitrogens is 3. The molecule has 0 bridgehead atoms. The van der Waals surface area contributed by atoms with Gasteiger partial charge in [0, 0.05) is 10.7 Å². The number of methoxy groups -OCH3 is 1. The van der Waals surface area contributed by atoms with Crippen LogP contribution >= 0.6 is 11.6 Å². The summed E-state index contributed by atoms with van der Waals surface area (Å²) in [6.07, 6.45) is 0. The number of benzene rings is 2. The number of amides is 1. The van der Waals surface area contributed by atoms with E-state index in [1.54, 1.807) is 50.4 Å². The highest BCUT2D eigenvalue weighted by Gasteiger charge is 2.17. The highest BCUT2D eigenvalue weighted by Crippen LogP contribution is 2.18. The maximum absolute atomic E-state index is 12.8. The van der Waals surface area contributed by atoms with Gasteiger partial charge in [0.2, 0.25) is 0 Å². The van der Waals surface area contributed by atoms with Crippen molar-refractivity contribution in [1.82, 2.24) is 14.5 Å². The number of ether oxygens (including phenoxy) is 1. The predicted molar refractivity (Wildman–Crippen MR) is 123 cm³/mol. The molecule has 0 atom stereocenters. The van der Waals surface area contributed by atoms with Crippen molar-refractivity contribution in [3.8, 4) is 5.75 Å². The van der Waals surface area contributed by atoms with Crippen LogP contribution in [-0.4, -0.2) is 27.6 Å². The second-order valence-corrected chi connectivity index (χ2v) is 7.58. The highest BCUT2D eigenvalue weighted by molar-refractivity contribution is 6.30. The SMILES string of the molecule is COc1ccc(Cn2c(=O)[nH]c(=O)c3cc(C(=O)Nc4ccc(Cl)cc4)c(C)nc32)cc1. The molecule has 0 fully saturated rings. The van der Waals surface area contributed by atoms with Gasteiger partial charge in [-0.1, -0.05) is 23.7 Å². The number of carbonyl (C=O) groups is 1. The van der Waals surface area contributed by atoms with Crippen LogP contribution in [0.2, 0.25) is 5.02 Å². The van der Waals surface area contributed by atoms with E-state index in [2.05, 4.69) is 15.3 Å². The number of aryl methyl sites for hydroxylation is 1. The van der Waals surface area contributed by atoms with Crippen molar-refractivity contribution < 1.29 is 9.53 Å². The number of aromatic amines is 1. The third-order valence-electron chi connectivity index (χ3n) is 5.01. The standard InChI is InChI=1S/C23H19ClN4O4/c1-13-18(21(29)26-16-7-5-15(24)6-8-16)11-19-20(25-13)28(23(31)27-22(19)30)12-14-3-9-17(32-2)10-4-14/h3-11H,12H2,1-2H3,(H,26,29)(H,27,30,31). The summed E-state index contributed by atoms with van der Waals surface area (Å²) in [6.45, 7) is 1.85. The fourth-order valence-electron chi connectivity index (χ4n) is 3.32. The molecular formula is C23H19ClN4O4. The van der Waals surface area contributed by atoms with Gasteiger partial charge >= 0.3 is 5.69 Å². The Morgan fingerprint density at radius 1 is 1.12 bits per heavy atom. The smallest absolute Gasteiger partial charge is 0.330 e. The van der Waals surface area contributed by atoms with Crippen LogP contribution in [0.5, 0.6) is 5.75 Å². The minimum absolute atomic E-state index is 0.143. The number of anilines is 1. The fraction of sp³-hybridized carbons (Fsp3) is 0.130. The first-order chi connectivity index (χ1) is 15.4. The summed E-state index contributed by atoms with van der Waals surface area (Å²) < 4.78 is 6.52. The molecule has 4 rings (SSSR count). The third kappa shape index (κ3) is 4.26. The van der Waals surface area contributed by atoms with E-state index in [1.165, 1.54) is 10.6 Å². The molecular weight excluding hydrogens is 432 g/mol. The van der Waals surface area contributed by atoms with Crippen LogP contribution in [0.25, 0.3) is 11.0 Å². The minimum Gasteiger partial charge on any atom is -0.497 e. The van der Waals surface area contributed by atoms with E-state index >= 15 is 0 Å². The Balaban J connectivity index is 1.75. The van der Waals surface area contributed by atoms with Gasteiger partial charge in [-0.15, -0.1) is 0 Å². The van der Waals surface area contributed by atoms with E-state index < -0.39 is 17.2 Å². The van der Waals surface area contributed by atoms with Crippen LogP contribution in [0, 0.1) is 6.92 Å². The number of H-pyrrole nitrogens is 1. The molecule has 0 radical (unpaired) electrons. The topological polar surface area (TPSA) is 106 Å². The average molecular weight is 451 g/mol. The summed E-state index contributed by atoms with van der Waals surface area (Å²) >= 11 is 5.88. The van der Waals surface area contributed by atoms with E-state index in [0.29, 0.717) is 22.2 Å². The molecule has 0 aliphatic rings. The Kier molecular flexibility index (Phi) is 5.79. The van der Waals surface area contributed by atoms with Crippen molar-refractivity contribution in [2.75, 3.05) is 12.4 Å². The lowest BCUT2D eigenvalue weighted by atomic mass is 10.1. The van der Waals surface area contributed by atoms with E-state index in [4.69, 9.17) is 16.3 Å². The Morgan fingerprint density at radius 2 is 1.81 bits per heavy atom. The van der Waals surface area contributed by atoms with E-state index in [-0.39, 0.29) is 23.1 Å². The first kappa shape index (κ1) is 21.3. The van der Waals surface area contributed by atoms with Gasteiger partial charge in [0.05, 0.1) is 30.3 Å². The molecule has 0 aliphatic heterocycles. The van der Waals surface area contributed by atoms with Gasteiger partial charge in [0.25, 0.3) is 11.5 Å². The largest absolute Gasteiger partial charge is 0.497 e. The zero-order chi connectivity index (χ0) is 22.8. The molecule has 9 heteroatoms. The number of rotatable bonds is 5. The molecule has 4 aromatic rings. The maximum Gasteiger partial charge on any atom is 0.330 e. The molecule has 0 saturated heterocycles. The molecule has 2 heterocycles. The van der Waals surface area contributed by atoms with Crippen LogP contribution in [-0.2, 0) is 6.54 Å². The summed E-state index contributed by atoms with van der Waals surface area (Å²) in [5.74, 6) is 0.268. The molecule has 32 heavy (non-hydrogen) atoms. The van der Waals surface area contributed by atoms with Crippen molar-refractivity contribution in [3.63, 3.8) is 0 Å². The lowest BCUT2D eigenvalue weighted by Gasteiger charge is -2.12. The summed E-state index contributed by atoms with van der Waals surface area (Å²) in [5.41, 5.74) is 1.01. The number of pyridine rings is 1. The van der Waals surface area contributed by atoms with Crippen molar-refractivity contribution in [3.05, 3.63) is 97.3 Å². The van der Waals surface area contributed by atoms with Crippen LogP contribution in [0.1, 0.15) is 21.6 Å². The monoisotopic (exact) mass is 450 g/mol. The van der Waals surface area contributed by atoms with Crippen LogP contribution in [0.4, 0.5) is 5.69 Å². The fourth-order valence-corrected chi connectivity index (χ4v) is 3.44. The first-order valence-corrected chi connectivity index (χ1v) is 10.1. The van der Waals surface area contributed by atoms with E-state index in [0.717, 1.165) is 5.56 Å². The van der Waals surface area contributed by atoms with Gasteiger partial charge in [-0.05, 0) is 55.0 Å². The van der Waals surface area contributed by atoms with Crippen molar-refractivity contribution >= 4 is 34.2 Å². The third-order valence-corrected chi connectivity index (χ3v) is 5.26. The highest BCUT2D eigenvalue weighted by atomic mass is 35.5. The molecule has 2 aromatic carbocycles. The number of fused-ring (bicyclic) bond motifs is 1. The van der Waals surface area contributed by atoms with Crippen molar-refractivity contribution in [2.45, 2.75) is 13.5 Å². The first-order valence-electron chi connectivity index (χ1n) is 9.70. The van der Waals surface area contributed by atoms with Gasteiger partial charge in [0.1, 0.15) is 11.4 Å². The van der Waals surface area contributed by atoms with Crippen molar-refractivity contribution in [1.29, 1.82) is 0 Å². The van der Waals surface area contributed by atoms with Crippen LogP contribution in [0.3, 0.4) is 0 Å². The minimum atomic E-state index is -0.607. The molecule has 8 nitrogen and oxygen atoms in total. The van der Waals surface area contributed by atoms with Gasteiger partial charge in [-0.2, -0.15) is 0 Å². The Hall–Kier alpha value is -3.91. The zero-order valence-electron chi connectivity index (χ0n) is 17.3. The van der Waals surface area contributed by atoms with Crippen LogP contribution < -0.4 is 21.3 Å².